The van der Waals surface area contributed by atoms with Crippen molar-refractivity contribution in [1.82, 2.24) is 0 Å². The number of methoxy groups -OCH3 is 1. The van der Waals surface area contributed by atoms with Gasteiger partial charge in [-0.05, 0) is 113 Å². The van der Waals surface area contributed by atoms with Crippen molar-refractivity contribution in [3.05, 3.63) is 277 Å². The zero-order chi connectivity index (χ0) is 77.3. The van der Waals surface area contributed by atoms with E-state index in [9.17, 15) is 48.6 Å². The molecular formula is C79H71N6NaO22. The molecule has 5 heterocycles. The number of phenolic OH excluding ortho intramolecular Hbond substituents is 1. The summed E-state index contributed by atoms with van der Waals surface area (Å²) in [5.74, 6) is 0.183. The summed E-state index contributed by atoms with van der Waals surface area (Å²) in [6, 6.07) is 60.4. The summed E-state index contributed by atoms with van der Waals surface area (Å²) >= 11 is 0. The van der Waals surface area contributed by atoms with Gasteiger partial charge in [-0.1, -0.05) is 121 Å². The minimum absolute atomic E-state index is 0. The summed E-state index contributed by atoms with van der Waals surface area (Å²) < 4.78 is 58.6. The number of aromatic hydroxyl groups is 1. The van der Waals surface area contributed by atoms with Gasteiger partial charge in [0.15, 0.2) is 18.1 Å². The molecule has 1 saturated heterocycles. The summed E-state index contributed by atoms with van der Waals surface area (Å²) in [6.45, 7) is 12.4. The van der Waals surface area contributed by atoms with E-state index in [1.807, 2.05) is 115 Å². The van der Waals surface area contributed by atoms with Crippen molar-refractivity contribution in [2.45, 2.75) is 90.7 Å². The maximum atomic E-state index is 12.3. The third kappa shape index (κ3) is 23.4. The molecule has 2 aliphatic rings. The molecule has 28 nitrogen and oxygen atoms in total. The number of nitrogen functional groups attached to an aromatic ring is 1. The molecule has 0 radical (unpaired) electrons. The number of nitrogens with one attached hydrogen (secondary N) is 2. The van der Waals surface area contributed by atoms with Crippen molar-refractivity contribution in [2.24, 2.45) is 5.73 Å². The van der Waals surface area contributed by atoms with Crippen molar-refractivity contribution in [3.8, 4) is 34.8 Å². The Morgan fingerprint density at radius 3 is 1.56 bits per heavy atom. The van der Waals surface area contributed by atoms with Crippen LogP contribution in [0.4, 0.5) is 22.4 Å². The van der Waals surface area contributed by atoms with Crippen LogP contribution in [0.1, 0.15) is 76.2 Å². The molecule has 0 aliphatic carbocycles. The van der Waals surface area contributed by atoms with Crippen LogP contribution in [0.3, 0.4) is 0 Å². The van der Waals surface area contributed by atoms with Crippen molar-refractivity contribution in [1.29, 1.82) is 10.5 Å². The van der Waals surface area contributed by atoms with E-state index in [0.717, 1.165) is 27.6 Å². The molecule has 29 heteroatoms. The van der Waals surface area contributed by atoms with E-state index in [-0.39, 0.29) is 99.2 Å². The Bertz CT molecular complexity index is 5220. The minimum atomic E-state index is -1.43. The Labute approximate surface area is 638 Å². The van der Waals surface area contributed by atoms with Crippen molar-refractivity contribution >= 4 is 79.8 Å². The molecule has 13 rings (SSSR count). The smallest absolute Gasteiger partial charge is 0.512 e. The average Bonchev–Trinajstić information content (AvgIpc) is 0.963. The van der Waals surface area contributed by atoms with E-state index in [2.05, 4.69) is 10.6 Å². The van der Waals surface area contributed by atoms with E-state index >= 15 is 0 Å². The van der Waals surface area contributed by atoms with Gasteiger partial charge in [0, 0.05) is 44.7 Å². The molecule has 3 aromatic heterocycles. The molecule has 2 aliphatic heterocycles. The number of rotatable bonds is 17. The van der Waals surface area contributed by atoms with E-state index in [4.69, 9.17) is 84.8 Å². The minimum Gasteiger partial charge on any atom is -0.512 e. The number of fused-ring (bicyclic) bond motifs is 4. The fourth-order valence-corrected chi connectivity index (χ4v) is 10.7. The number of amides is 3. The maximum absolute atomic E-state index is 12.3. The molecule has 4 atom stereocenters. The number of aliphatic hydroxyl groups excluding tert-OH is 1. The van der Waals surface area contributed by atoms with Crippen LogP contribution in [0, 0.1) is 23.2 Å². The molecule has 0 saturated carbocycles. The summed E-state index contributed by atoms with van der Waals surface area (Å²) in [5.41, 5.74) is 13.2. The third-order valence-electron chi connectivity index (χ3n) is 15.6. The quantitative estimate of drug-likeness (QED) is 0.0255. The van der Waals surface area contributed by atoms with E-state index in [1.54, 1.807) is 68.4 Å². The topological polar surface area (TPSA) is 434 Å². The number of nitrogens with two attached hydrogens (primary N) is 2. The molecule has 3 amide bonds. The normalized spacial score (nSPS) is 14.7. The molecule has 11 aromatic rings. The summed E-state index contributed by atoms with van der Waals surface area (Å²) in [4.78, 5) is 91.4. The molecule has 1 unspecified atom stereocenters. The van der Waals surface area contributed by atoms with Crippen LogP contribution < -0.4 is 87.5 Å². The number of nitrogens with zero attached hydrogens (tertiary/aromatic N) is 2. The summed E-state index contributed by atoms with van der Waals surface area (Å²) in [6.07, 6.45) is -5.66. The van der Waals surface area contributed by atoms with Gasteiger partial charge in [-0.2, -0.15) is 5.26 Å². The predicted octanol–water partition coefficient (Wildman–Crippen LogP) is 8.58. The van der Waals surface area contributed by atoms with Gasteiger partial charge in [-0.3, -0.25) is 20.2 Å². The van der Waals surface area contributed by atoms with Gasteiger partial charge in [0.05, 0.1) is 45.4 Å². The Morgan fingerprint density at radius 1 is 0.611 bits per heavy atom. The Balaban J connectivity index is 0.000000190. The molecule has 9 N–H and O–H groups in total. The molecule has 1 fully saturated rings. The van der Waals surface area contributed by atoms with E-state index in [0.29, 0.717) is 71.0 Å². The van der Waals surface area contributed by atoms with Crippen LogP contribution >= 0.6 is 0 Å². The Hall–Kier alpha value is -12.8. The Morgan fingerprint density at radius 2 is 1.06 bits per heavy atom. The van der Waals surface area contributed by atoms with Gasteiger partial charge in [0.1, 0.15) is 61.3 Å². The van der Waals surface area contributed by atoms with E-state index in [1.165, 1.54) is 57.4 Å². The van der Waals surface area contributed by atoms with Crippen LogP contribution in [0.5, 0.6) is 28.7 Å². The second-order valence-electron chi connectivity index (χ2n) is 23.8. The first-order valence-corrected chi connectivity index (χ1v) is 32.3. The van der Waals surface area contributed by atoms with Gasteiger partial charge in [0.2, 0.25) is 29.9 Å². The van der Waals surface area contributed by atoms with Gasteiger partial charge >= 0.3 is 64.5 Å². The second kappa shape index (κ2) is 39.4. The van der Waals surface area contributed by atoms with Crippen molar-refractivity contribution in [3.63, 3.8) is 0 Å². The van der Waals surface area contributed by atoms with Gasteiger partial charge in [-0.25, -0.2) is 28.8 Å². The number of ether oxygens (including phenoxy) is 8. The predicted molar refractivity (Wildman–Crippen MR) is 389 cm³/mol. The van der Waals surface area contributed by atoms with Crippen molar-refractivity contribution in [2.75, 3.05) is 23.5 Å². The van der Waals surface area contributed by atoms with Crippen LogP contribution in [-0.2, 0) is 61.4 Å². The summed E-state index contributed by atoms with van der Waals surface area (Å²) in [7, 11) is 1.39. The standard InChI is InChI=1S/C20H24N2O9.2C16H13NO3.C15H12O3.C11H9NO4.CN.Na/c1-9(23)22-13-7-10-5-6-11(8-12(10)17(25)29-13)28-18-14(24)15(30-19(21)26)16(27-4)20(2,3)31-18;17-15-8-12-6-7-13(9-14(12)16(18)20-15)19-10-11-4-2-1-3-5-11;17-9-8-13-6-7-14(10-15(13)16(18)19)20-11-12-4-2-1-3-5-12;16-15-14-8-13(7-6-12(14)10-18-15)17-9-11-4-2-1-3-5-11;1-6(13)12-10-4-7-2-3-8(14)5-9(7)11(15)16-10;1-2;/h5-8,14-16,18,24H,1-4H3,(H2,21,26)(H,22,23);1-9H,10,17H2;1-7,10H,8,11H2,(H,18,19);1-8H,9-10H2;2-5,14H,1H3,(H,12,13);;/q;;;;;-1;+1/t14?,15-,16-,18-;;;;;;/m1....../s1. The second-order valence-corrected chi connectivity index (χ2v) is 23.8. The molecular weight excluding hydrogens is 1410 g/mol. The first kappa shape index (κ1) is 82.5. The first-order chi connectivity index (χ1) is 51.3. The molecule has 0 spiro atoms. The van der Waals surface area contributed by atoms with E-state index < -0.39 is 59.1 Å². The number of nitriles is 1. The van der Waals surface area contributed by atoms with Gasteiger partial charge < -0.3 is 89.8 Å². The molecule has 550 valence electrons. The monoisotopic (exact) mass is 1480 g/mol. The van der Waals surface area contributed by atoms with Crippen LogP contribution in [0.2, 0.25) is 0 Å². The number of carbonyl (C=O) groups excluding carboxylic acids is 4. The number of hydrogen-bond acceptors (Lipinski definition) is 24. The van der Waals surface area contributed by atoms with Crippen LogP contribution in [-0.4, -0.2) is 82.5 Å². The number of primary amides is 1. The van der Waals surface area contributed by atoms with Gasteiger partial charge in [0.25, 0.3) is 0 Å². The number of aliphatic hydroxyl groups is 1. The van der Waals surface area contributed by atoms with Crippen LogP contribution in [0.15, 0.2) is 228 Å². The number of carboxylic acids is 1. The number of anilines is 3. The maximum Gasteiger partial charge on any atom is 1.00 e. The number of carboxylic acid groups (broad SMARTS) is 1. The number of cyclic esters (lactones) is 1. The van der Waals surface area contributed by atoms with Gasteiger partial charge in [-0.15, -0.1) is 0 Å². The number of esters is 1. The third-order valence-corrected chi connectivity index (χ3v) is 15.6. The fraction of sp³-hybridized carbons (Fsp3) is 0.190. The zero-order valence-electron chi connectivity index (χ0n) is 59.0. The Kier molecular flexibility index (Phi) is 30.1. The fourth-order valence-electron chi connectivity index (χ4n) is 10.7. The largest absolute Gasteiger partial charge is 1.00 e. The SMILES string of the molecule is CC(=O)Nc1cc2ccc(O)cc2c(=O)o1.CO[C@@H]1[C@H](OC(N)=O)C(O)[C@H](Oc2ccc3cc(NC(C)=O)oc(=O)c3c2)OC1(C)C.N#CCc1ccc(OCc2ccccc2)cc1C(=O)O.Nc1cc2ccc(OCc3ccccc3)cc2c(=O)o1.O=C1OCc2ccc(OCc3ccccc3)cc21.[C-]#N.[Na+]. The number of aromatic carboxylic acids is 1. The number of phenols is 1. The number of carbonyl (C=O) groups is 5. The first-order valence-electron chi connectivity index (χ1n) is 32.3. The molecule has 108 heavy (non-hydrogen) atoms. The number of benzene rings is 8. The summed E-state index contributed by atoms with van der Waals surface area (Å²) in [5, 5.41) is 51.5. The number of hydrogen-bond donors (Lipinski definition) is 7. The van der Waals surface area contributed by atoms with Crippen molar-refractivity contribution < 1.29 is 120 Å². The average molecular weight is 1480 g/mol. The zero-order valence-corrected chi connectivity index (χ0v) is 61.0. The van der Waals surface area contributed by atoms with Crippen LogP contribution in [0.25, 0.3) is 32.3 Å². The molecule has 0 bridgehead atoms. The molecule has 8 aromatic carbocycles.